The second kappa shape index (κ2) is 6.87. The topological polar surface area (TPSA) is 21.3 Å². The Labute approximate surface area is 125 Å². The minimum Gasteiger partial charge on any atom is -0.496 e. The van der Waals surface area contributed by atoms with E-state index in [0.717, 1.165) is 29.4 Å². The minimum atomic E-state index is 0.436. The molecule has 106 valence electrons. The molecule has 1 aliphatic rings. The van der Waals surface area contributed by atoms with Gasteiger partial charge in [-0.25, -0.2) is 0 Å². The zero-order valence-electron chi connectivity index (χ0n) is 11.7. The van der Waals surface area contributed by atoms with Crippen LogP contribution in [-0.4, -0.2) is 24.7 Å². The molecule has 4 heteroatoms. The molecule has 2 rings (SSSR count). The van der Waals surface area contributed by atoms with Gasteiger partial charge in [0.15, 0.2) is 0 Å². The second-order valence-corrected chi connectivity index (χ2v) is 6.86. The standard InChI is InChI=1S/C15H22ClNOS/c1-18-14-6-5-13(16)9-12(14)10-17-11-15(19-2)7-3-4-8-15/h5-6,9,17H,3-4,7-8,10-11H2,1-2H3. The van der Waals surface area contributed by atoms with Gasteiger partial charge in [-0.3, -0.25) is 0 Å². The molecular weight excluding hydrogens is 278 g/mol. The molecule has 0 atom stereocenters. The van der Waals surface area contributed by atoms with Crippen LogP contribution in [0.2, 0.25) is 5.02 Å². The van der Waals surface area contributed by atoms with E-state index in [4.69, 9.17) is 16.3 Å². The molecule has 0 saturated heterocycles. The first-order valence-electron chi connectivity index (χ1n) is 6.77. The maximum absolute atomic E-state index is 6.05. The van der Waals surface area contributed by atoms with Gasteiger partial charge in [0.25, 0.3) is 0 Å². The Morgan fingerprint density at radius 2 is 2.11 bits per heavy atom. The maximum atomic E-state index is 6.05. The summed E-state index contributed by atoms with van der Waals surface area (Å²) in [4.78, 5) is 0. The van der Waals surface area contributed by atoms with Crippen LogP contribution in [0.4, 0.5) is 0 Å². The molecule has 0 bridgehead atoms. The Kier molecular flexibility index (Phi) is 5.43. The van der Waals surface area contributed by atoms with E-state index in [9.17, 15) is 0 Å². The minimum absolute atomic E-state index is 0.436. The molecular formula is C15H22ClNOS. The third-order valence-electron chi connectivity index (χ3n) is 3.95. The van der Waals surface area contributed by atoms with Gasteiger partial charge >= 0.3 is 0 Å². The summed E-state index contributed by atoms with van der Waals surface area (Å²) in [7, 11) is 1.70. The van der Waals surface area contributed by atoms with Gasteiger partial charge in [-0.05, 0) is 37.3 Å². The molecule has 0 radical (unpaired) electrons. The van der Waals surface area contributed by atoms with E-state index in [-0.39, 0.29) is 0 Å². The average molecular weight is 300 g/mol. The van der Waals surface area contributed by atoms with Crippen molar-refractivity contribution in [1.29, 1.82) is 0 Å². The highest BCUT2D eigenvalue weighted by atomic mass is 35.5. The SMILES string of the molecule is COc1ccc(Cl)cc1CNCC1(SC)CCCC1. The summed E-state index contributed by atoms with van der Waals surface area (Å²) in [5.41, 5.74) is 1.13. The molecule has 1 fully saturated rings. The smallest absolute Gasteiger partial charge is 0.123 e. The summed E-state index contributed by atoms with van der Waals surface area (Å²) in [6.45, 7) is 1.87. The van der Waals surface area contributed by atoms with Crippen molar-refractivity contribution in [3.8, 4) is 5.75 Å². The first-order valence-corrected chi connectivity index (χ1v) is 8.38. The Morgan fingerprint density at radius 1 is 1.37 bits per heavy atom. The van der Waals surface area contributed by atoms with Gasteiger partial charge in [-0.15, -0.1) is 0 Å². The van der Waals surface area contributed by atoms with Crippen LogP contribution in [0.25, 0.3) is 0 Å². The summed E-state index contributed by atoms with van der Waals surface area (Å²) in [6.07, 6.45) is 7.61. The molecule has 0 unspecified atom stereocenters. The molecule has 19 heavy (non-hydrogen) atoms. The fourth-order valence-electron chi connectivity index (χ4n) is 2.78. The normalized spacial score (nSPS) is 17.6. The predicted octanol–water partition coefficient (Wildman–Crippen LogP) is 4.11. The molecule has 1 saturated carbocycles. The number of methoxy groups -OCH3 is 1. The van der Waals surface area contributed by atoms with Gasteiger partial charge in [0, 0.05) is 28.4 Å². The molecule has 0 spiro atoms. The number of rotatable bonds is 6. The Bertz CT molecular complexity index is 419. The van der Waals surface area contributed by atoms with E-state index in [2.05, 4.69) is 11.6 Å². The molecule has 2 nitrogen and oxygen atoms in total. The van der Waals surface area contributed by atoms with Crippen molar-refractivity contribution in [2.45, 2.75) is 37.0 Å². The van der Waals surface area contributed by atoms with Crippen molar-refractivity contribution in [2.75, 3.05) is 19.9 Å². The number of thioether (sulfide) groups is 1. The van der Waals surface area contributed by atoms with Gasteiger partial charge < -0.3 is 10.1 Å². The molecule has 1 aromatic carbocycles. The second-order valence-electron chi connectivity index (χ2n) is 5.15. The maximum Gasteiger partial charge on any atom is 0.123 e. The van der Waals surface area contributed by atoms with Crippen LogP contribution in [0.1, 0.15) is 31.2 Å². The lowest BCUT2D eigenvalue weighted by Gasteiger charge is -2.27. The lowest BCUT2D eigenvalue weighted by Crippen LogP contribution is -2.34. The van der Waals surface area contributed by atoms with Gasteiger partial charge in [0.1, 0.15) is 5.75 Å². The number of ether oxygens (including phenoxy) is 1. The highest BCUT2D eigenvalue weighted by molar-refractivity contribution is 8.00. The fraction of sp³-hybridized carbons (Fsp3) is 0.600. The highest BCUT2D eigenvalue weighted by Crippen LogP contribution is 2.39. The monoisotopic (exact) mass is 299 g/mol. The zero-order valence-corrected chi connectivity index (χ0v) is 13.2. The van der Waals surface area contributed by atoms with Crippen molar-refractivity contribution >= 4 is 23.4 Å². The van der Waals surface area contributed by atoms with Gasteiger partial charge in [0.2, 0.25) is 0 Å². The summed E-state index contributed by atoms with van der Waals surface area (Å²) >= 11 is 8.06. The molecule has 1 aromatic rings. The van der Waals surface area contributed by atoms with Crippen LogP contribution in [0.5, 0.6) is 5.75 Å². The lowest BCUT2D eigenvalue weighted by atomic mass is 10.1. The van der Waals surface area contributed by atoms with E-state index >= 15 is 0 Å². The third-order valence-corrected chi connectivity index (χ3v) is 5.61. The average Bonchev–Trinajstić information content (AvgIpc) is 2.88. The van der Waals surface area contributed by atoms with Crippen molar-refractivity contribution in [3.05, 3.63) is 28.8 Å². The van der Waals surface area contributed by atoms with E-state index in [0.29, 0.717) is 4.75 Å². The van der Waals surface area contributed by atoms with Crippen molar-refractivity contribution in [2.24, 2.45) is 0 Å². The summed E-state index contributed by atoms with van der Waals surface area (Å²) < 4.78 is 5.81. The number of benzene rings is 1. The summed E-state index contributed by atoms with van der Waals surface area (Å²) in [5, 5.41) is 4.34. The van der Waals surface area contributed by atoms with E-state index in [1.54, 1.807) is 7.11 Å². The highest BCUT2D eigenvalue weighted by Gasteiger charge is 2.32. The number of halogens is 1. The molecule has 1 aliphatic carbocycles. The van der Waals surface area contributed by atoms with Crippen LogP contribution in [0.15, 0.2) is 18.2 Å². The molecule has 1 N–H and O–H groups in total. The van der Waals surface area contributed by atoms with Crippen molar-refractivity contribution in [3.63, 3.8) is 0 Å². The molecule has 0 amide bonds. The van der Waals surface area contributed by atoms with E-state index in [1.807, 2.05) is 30.0 Å². The Balaban J connectivity index is 1.93. The van der Waals surface area contributed by atoms with Gasteiger partial charge in [-0.2, -0.15) is 11.8 Å². The summed E-state index contributed by atoms with van der Waals surface area (Å²) in [6, 6.07) is 5.78. The quantitative estimate of drug-likeness (QED) is 0.854. The molecule has 0 heterocycles. The first kappa shape index (κ1) is 15.0. The van der Waals surface area contributed by atoms with Crippen LogP contribution >= 0.6 is 23.4 Å². The summed E-state index contributed by atoms with van der Waals surface area (Å²) in [5.74, 6) is 0.904. The van der Waals surface area contributed by atoms with E-state index in [1.165, 1.54) is 25.7 Å². The fourth-order valence-corrected chi connectivity index (χ4v) is 3.92. The third kappa shape index (κ3) is 3.80. The van der Waals surface area contributed by atoms with Crippen molar-refractivity contribution < 1.29 is 4.74 Å². The Morgan fingerprint density at radius 3 is 2.74 bits per heavy atom. The lowest BCUT2D eigenvalue weighted by molar-refractivity contribution is 0.406. The zero-order chi connectivity index (χ0) is 13.7. The number of nitrogens with one attached hydrogen (secondary N) is 1. The van der Waals surface area contributed by atoms with E-state index < -0.39 is 0 Å². The van der Waals surface area contributed by atoms with Crippen LogP contribution < -0.4 is 10.1 Å². The number of hydrogen-bond donors (Lipinski definition) is 1. The van der Waals surface area contributed by atoms with Crippen LogP contribution in [0.3, 0.4) is 0 Å². The van der Waals surface area contributed by atoms with Crippen LogP contribution in [-0.2, 0) is 6.54 Å². The van der Waals surface area contributed by atoms with Gasteiger partial charge in [-0.1, -0.05) is 24.4 Å². The van der Waals surface area contributed by atoms with Crippen LogP contribution in [0, 0.1) is 0 Å². The van der Waals surface area contributed by atoms with Crippen molar-refractivity contribution in [1.82, 2.24) is 5.32 Å². The number of hydrogen-bond acceptors (Lipinski definition) is 3. The predicted molar refractivity (Wildman–Crippen MR) is 84.4 cm³/mol. The first-order chi connectivity index (χ1) is 9.19. The van der Waals surface area contributed by atoms with Gasteiger partial charge in [0.05, 0.1) is 7.11 Å². The molecule has 0 aliphatic heterocycles. The molecule has 0 aromatic heterocycles. The Hall–Kier alpha value is -0.380. The largest absolute Gasteiger partial charge is 0.496 e.